The van der Waals surface area contributed by atoms with Crippen LogP contribution in [0.1, 0.15) is 0 Å². The van der Waals surface area contributed by atoms with E-state index in [1.54, 1.807) is 0 Å². The largest absolute Gasteiger partial charge is 0.519 e. The number of halogens is 3. The molecule has 0 aromatic heterocycles. The van der Waals surface area contributed by atoms with Gasteiger partial charge >= 0.3 is 15.5 Å². The van der Waals surface area contributed by atoms with E-state index >= 15 is 0 Å². The van der Waals surface area contributed by atoms with E-state index in [9.17, 15) is 31.7 Å². The lowest BCUT2D eigenvalue weighted by atomic mass is 10.3. The molecule has 1 aromatic carbocycles. The molecule has 0 saturated heterocycles. The number of hydrogen-bond donors (Lipinski definition) is 0. The van der Waals surface area contributed by atoms with Crippen LogP contribution >= 0.6 is 0 Å². The van der Waals surface area contributed by atoms with Gasteiger partial charge in [0.25, 0.3) is 5.69 Å². The van der Waals surface area contributed by atoms with Crippen molar-refractivity contribution < 1.29 is 26.5 Å². The number of hydrogen-bond acceptors (Lipinski definition) is 5. The minimum absolute atomic E-state index is 0.0354. The summed E-state index contributed by atoms with van der Waals surface area (Å²) in [4.78, 5) is 12.8. The van der Waals surface area contributed by atoms with E-state index in [1.807, 2.05) is 0 Å². The van der Waals surface area contributed by atoms with Crippen molar-refractivity contribution in [2.75, 3.05) is 0 Å². The Morgan fingerprint density at radius 2 is 1.74 bits per heavy atom. The number of nitrogens with zero attached hydrogens (tertiary/aromatic N) is 3. The molecular formula is C8H4F3N3O4S. The van der Waals surface area contributed by atoms with Gasteiger partial charge in [-0.05, 0) is 12.1 Å². The molecule has 1 aromatic rings. The first-order valence-corrected chi connectivity index (χ1v) is 5.81. The Labute approximate surface area is 104 Å². The zero-order valence-corrected chi connectivity index (χ0v) is 9.64. The Bertz CT molecular complexity index is 645. The predicted octanol–water partition coefficient (Wildman–Crippen LogP) is 2.25. The number of nitro groups is 1. The first-order valence-electron chi connectivity index (χ1n) is 4.37. The third-order valence-electron chi connectivity index (χ3n) is 1.69. The first kappa shape index (κ1) is 14.8. The molecule has 19 heavy (non-hydrogen) atoms. The molecule has 0 radical (unpaired) electrons. The zero-order valence-electron chi connectivity index (χ0n) is 8.83. The van der Waals surface area contributed by atoms with Crippen molar-refractivity contribution in [2.45, 2.75) is 5.51 Å². The molecule has 0 fully saturated rings. The molecule has 0 N–H and O–H groups in total. The molecule has 0 spiro atoms. The Morgan fingerprint density at radius 1 is 1.21 bits per heavy atom. The van der Waals surface area contributed by atoms with Crippen LogP contribution in [-0.2, 0) is 10.0 Å². The van der Waals surface area contributed by atoms with Gasteiger partial charge in [0, 0.05) is 12.1 Å². The Morgan fingerprint density at radius 3 is 2.16 bits per heavy atom. The van der Waals surface area contributed by atoms with E-state index in [-0.39, 0.29) is 11.4 Å². The first-order chi connectivity index (χ1) is 8.63. The topological polar surface area (TPSA) is 102 Å². The van der Waals surface area contributed by atoms with Gasteiger partial charge in [-0.25, -0.2) is 0 Å². The predicted molar refractivity (Wildman–Crippen MR) is 57.6 cm³/mol. The van der Waals surface area contributed by atoms with Crippen molar-refractivity contribution in [1.82, 2.24) is 0 Å². The van der Waals surface area contributed by atoms with Crippen LogP contribution in [-0.4, -0.2) is 24.9 Å². The second kappa shape index (κ2) is 5.16. The second-order valence-corrected chi connectivity index (χ2v) is 4.59. The number of sulfonamides is 1. The van der Waals surface area contributed by atoms with Crippen LogP contribution < -0.4 is 0 Å². The molecule has 0 unspecified atom stereocenters. The van der Waals surface area contributed by atoms with E-state index in [2.05, 4.69) is 9.39 Å². The smallest absolute Gasteiger partial charge is 0.258 e. The van der Waals surface area contributed by atoms with Crippen LogP contribution in [0.5, 0.6) is 0 Å². The molecule has 0 saturated carbocycles. The molecule has 7 nitrogen and oxygen atoms in total. The standard InChI is InChI=1S/C8H4F3N3O4S/c9-8(10,11)19(17,18)13-5-12-6-1-3-7(4-2-6)14(15)16/h1-4H. The fraction of sp³-hybridized carbons (Fsp3) is 0.125. The molecule has 0 aliphatic carbocycles. The normalized spacial score (nSPS) is 11.5. The molecule has 0 amide bonds. The van der Waals surface area contributed by atoms with E-state index in [0.29, 0.717) is 0 Å². The van der Waals surface area contributed by atoms with E-state index in [4.69, 9.17) is 0 Å². The quantitative estimate of drug-likeness (QED) is 0.484. The van der Waals surface area contributed by atoms with Crippen LogP contribution in [0.25, 0.3) is 0 Å². The average Bonchev–Trinajstić information content (AvgIpc) is 2.28. The van der Waals surface area contributed by atoms with Gasteiger partial charge in [-0.1, -0.05) is 4.40 Å². The molecular weight excluding hydrogens is 291 g/mol. The van der Waals surface area contributed by atoms with Gasteiger partial charge < -0.3 is 0 Å². The van der Waals surface area contributed by atoms with Crippen LogP contribution in [0.4, 0.5) is 24.5 Å². The minimum atomic E-state index is -5.68. The van der Waals surface area contributed by atoms with Crippen molar-refractivity contribution >= 4 is 27.4 Å². The zero-order chi connectivity index (χ0) is 14.7. The van der Waals surface area contributed by atoms with Gasteiger partial charge in [0.1, 0.15) is 6.01 Å². The number of nitro benzene ring substituents is 1. The monoisotopic (exact) mass is 295 g/mol. The summed E-state index contributed by atoms with van der Waals surface area (Å²) in [6.07, 6.45) is 0. The minimum Gasteiger partial charge on any atom is -0.258 e. The van der Waals surface area contributed by atoms with Crippen molar-refractivity contribution in [3.8, 4) is 0 Å². The maximum atomic E-state index is 11.9. The highest BCUT2D eigenvalue weighted by atomic mass is 32.2. The Kier molecular flexibility index (Phi) is 4.02. The molecule has 0 bridgehead atoms. The summed E-state index contributed by atoms with van der Waals surface area (Å²) in [6.45, 7) is 0. The summed E-state index contributed by atoms with van der Waals surface area (Å²) < 4.78 is 58.7. The lowest BCUT2D eigenvalue weighted by Crippen LogP contribution is -2.20. The highest BCUT2D eigenvalue weighted by molar-refractivity contribution is 7.91. The lowest BCUT2D eigenvalue weighted by Gasteiger charge is -1.99. The highest BCUT2D eigenvalue weighted by Gasteiger charge is 2.46. The number of aliphatic imine (C=N–C) groups is 1. The van der Waals surface area contributed by atoms with E-state index in [1.165, 1.54) is 6.01 Å². The van der Waals surface area contributed by atoms with Crippen LogP contribution in [0.15, 0.2) is 33.7 Å². The van der Waals surface area contributed by atoms with Crippen molar-refractivity contribution in [1.29, 1.82) is 0 Å². The summed E-state index contributed by atoms with van der Waals surface area (Å²) >= 11 is 0. The van der Waals surface area contributed by atoms with Gasteiger partial charge in [0.2, 0.25) is 0 Å². The Hall–Kier alpha value is -2.26. The molecule has 0 aliphatic rings. The van der Waals surface area contributed by atoms with Gasteiger partial charge in [-0.3, -0.25) is 10.1 Å². The van der Waals surface area contributed by atoms with Crippen molar-refractivity contribution in [2.24, 2.45) is 9.39 Å². The van der Waals surface area contributed by atoms with Crippen LogP contribution in [0, 0.1) is 10.1 Å². The third-order valence-corrected chi connectivity index (χ3v) is 2.60. The van der Waals surface area contributed by atoms with Gasteiger partial charge in [0.15, 0.2) is 0 Å². The fourth-order valence-corrected chi connectivity index (χ4v) is 1.08. The van der Waals surface area contributed by atoms with Gasteiger partial charge in [-0.2, -0.15) is 26.6 Å². The highest BCUT2D eigenvalue weighted by Crippen LogP contribution is 2.24. The Balaban J connectivity index is 2.97. The summed E-state index contributed by atoms with van der Waals surface area (Å²) in [5.74, 6) is 0. The summed E-state index contributed by atoms with van der Waals surface area (Å²) in [6, 6.07) is 5.65. The average molecular weight is 295 g/mol. The van der Waals surface area contributed by atoms with Gasteiger partial charge in [-0.15, -0.1) is 0 Å². The number of alkyl halides is 3. The van der Waals surface area contributed by atoms with Crippen LogP contribution in [0.2, 0.25) is 0 Å². The summed E-state index contributed by atoms with van der Waals surface area (Å²) in [7, 11) is -5.68. The number of non-ortho nitro benzene ring substituents is 1. The molecule has 0 aliphatic heterocycles. The van der Waals surface area contributed by atoms with E-state index < -0.39 is 20.5 Å². The molecule has 0 atom stereocenters. The summed E-state index contributed by atoms with van der Waals surface area (Å²) in [5.41, 5.74) is -5.81. The SMILES string of the molecule is O=[N+]([O-])c1ccc(N=C=NS(=O)(=O)C(F)(F)F)cc1. The third kappa shape index (κ3) is 3.86. The van der Waals surface area contributed by atoms with Gasteiger partial charge in [0.05, 0.1) is 10.6 Å². The molecule has 11 heteroatoms. The molecule has 0 heterocycles. The van der Waals surface area contributed by atoms with Crippen molar-refractivity contribution in [3.05, 3.63) is 34.4 Å². The molecule has 102 valence electrons. The van der Waals surface area contributed by atoms with Crippen LogP contribution in [0.3, 0.4) is 0 Å². The van der Waals surface area contributed by atoms with E-state index in [0.717, 1.165) is 24.3 Å². The number of rotatable bonds is 3. The lowest BCUT2D eigenvalue weighted by molar-refractivity contribution is -0.384. The maximum Gasteiger partial charge on any atom is 0.519 e. The summed E-state index contributed by atoms with van der Waals surface area (Å²) in [5, 5.41) is 10.3. The number of benzene rings is 1. The molecule has 1 rings (SSSR count). The fourth-order valence-electron chi connectivity index (χ4n) is 0.833. The van der Waals surface area contributed by atoms with Crippen molar-refractivity contribution in [3.63, 3.8) is 0 Å². The maximum absolute atomic E-state index is 11.9. The second-order valence-electron chi connectivity index (χ2n) is 3.00.